The van der Waals surface area contributed by atoms with Gasteiger partial charge in [-0.1, -0.05) is 6.07 Å². The number of aromatic nitrogens is 1. The Bertz CT molecular complexity index is 1260. The zero-order valence-corrected chi connectivity index (χ0v) is 19.3. The number of hydrogen-bond donors (Lipinski definition) is 4. The molecule has 2 aromatic carbocycles. The van der Waals surface area contributed by atoms with Crippen molar-refractivity contribution >= 4 is 23.4 Å². The summed E-state index contributed by atoms with van der Waals surface area (Å²) in [6, 6.07) is 11.6. The number of halogens is 3. The van der Waals surface area contributed by atoms with E-state index in [2.05, 4.69) is 20.9 Å². The molecule has 0 bridgehead atoms. The lowest BCUT2D eigenvalue weighted by molar-refractivity contribution is -0.138. The highest BCUT2D eigenvalue weighted by Crippen LogP contribution is 2.42. The van der Waals surface area contributed by atoms with E-state index in [1.807, 2.05) is 0 Å². The van der Waals surface area contributed by atoms with E-state index in [1.54, 1.807) is 0 Å². The van der Waals surface area contributed by atoms with Crippen molar-refractivity contribution in [3.8, 4) is 17.2 Å². The molecule has 0 unspecified atom stereocenters. The maximum Gasteiger partial charge on any atom is 0.421 e. The maximum absolute atomic E-state index is 13.9. The van der Waals surface area contributed by atoms with Crippen molar-refractivity contribution in [1.82, 2.24) is 10.3 Å². The molecule has 12 heteroatoms. The summed E-state index contributed by atoms with van der Waals surface area (Å²) in [7, 11) is 0. The molecule has 1 fully saturated rings. The molecule has 37 heavy (non-hydrogen) atoms. The van der Waals surface area contributed by atoms with E-state index in [1.165, 1.54) is 54.7 Å². The molecule has 2 amide bonds. The molecule has 4 rings (SSSR count). The number of carbonyl (C=O) groups excluding carboxylic acids is 1. The Morgan fingerprint density at radius 3 is 2.41 bits per heavy atom. The molecule has 1 aliphatic rings. The fourth-order valence-corrected chi connectivity index (χ4v) is 3.74. The van der Waals surface area contributed by atoms with Crippen LogP contribution in [0, 0.1) is 0 Å². The molecule has 194 valence electrons. The van der Waals surface area contributed by atoms with Gasteiger partial charge < -0.3 is 30.5 Å². The molecule has 9 nitrogen and oxygen atoms in total. The summed E-state index contributed by atoms with van der Waals surface area (Å²) in [5.41, 5.74) is -1.37. The molecule has 3 aromatic rings. The van der Waals surface area contributed by atoms with Crippen LogP contribution in [0.4, 0.5) is 29.3 Å². The largest absolute Gasteiger partial charge is 0.490 e. The van der Waals surface area contributed by atoms with Crippen LogP contribution in [0.3, 0.4) is 0 Å². The van der Waals surface area contributed by atoms with Crippen molar-refractivity contribution in [3.63, 3.8) is 0 Å². The number of nitrogens with one attached hydrogen (secondary N) is 3. The van der Waals surface area contributed by atoms with Gasteiger partial charge in [0.15, 0.2) is 5.69 Å². The van der Waals surface area contributed by atoms with Gasteiger partial charge in [-0.25, -0.2) is 14.6 Å². The number of aromatic carboxylic acids is 1. The molecule has 1 aromatic heterocycles. The van der Waals surface area contributed by atoms with Gasteiger partial charge in [-0.3, -0.25) is 0 Å². The smallest absolute Gasteiger partial charge is 0.421 e. The van der Waals surface area contributed by atoms with Crippen molar-refractivity contribution in [2.75, 3.05) is 23.7 Å². The number of amides is 2. The van der Waals surface area contributed by atoms with Crippen molar-refractivity contribution in [2.45, 2.75) is 25.1 Å². The number of carboxylic acids is 1. The first-order valence-electron chi connectivity index (χ1n) is 11.3. The Hall–Kier alpha value is -4.32. The van der Waals surface area contributed by atoms with Gasteiger partial charge in [0.1, 0.15) is 28.9 Å². The fraction of sp³-hybridized carbons (Fsp3) is 0.240. The average Bonchev–Trinajstić information content (AvgIpc) is 2.85. The zero-order chi connectivity index (χ0) is 26.4. The highest BCUT2D eigenvalue weighted by atomic mass is 19.4. The number of carboxylic acid groups (broad SMARTS) is 1. The van der Waals surface area contributed by atoms with Crippen molar-refractivity contribution in [2.24, 2.45) is 0 Å². The summed E-state index contributed by atoms with van der Waals surface area (Å²) in [4.78, 5) is 27.2. The molecule has 0 aliphatic carbocycles. The summed E-state index contributed by atoms with van der Waals surface area (Å²) >= 11 is 0. The molecular weight excluding hydrogens is 493 g/mol. The molecule has 1 saturated heterocycles. The molecule has 0 spiro atoms. The fourth-order valence-electron chi connectivity index (χ4n) is 3.74. The van der Waals surface area contributed by atoms with Gasteiger partial charge in [-0.15, -0.1) is 0 Å². The lowest BCUT2D eigenvalue weighted by Crippen LogP contribution is -2.34. The molecule has 0 atom stereocenters. The van der Waals surface area contributed by atoms with Crippen LogP contribution in [0.1, 0.15) is 28.9 Å². The van der Waals surface area contributed by atoms with E-state index >= 15 is 0 Å². The first-order chi connectivity index (χ1) is 17.7. The Morgan fingerprint density at radius 1 is 1.00 bits per heavy atom. The maximum atomic E-state index is 13.9. The number of anilines is 2. The average molecular weight is 516 g/mol. The van der Waals surface area contributed by atoms with Gasteiger partial charge in [-0.05, 0) is 68.4 Å². The first-order valence-corrected chi connectivity index (χ1v) is 11.3. The van der Waals surface area contributed by atoms with Crippen LogP contribution in [-0.2, 0) is 6.18 Å². The minimum atomic E-state index is -4.75. The van der Waals surface area contributed by atoms with Gasteiger partial charge in [0, 0.05) is 18.0 Å². The summed E-state index contributed by atoms with van der Waals surface area (Å²) in [5, 5.41) is 16.9. The molecule has 2 heterocycles. The molecule has 4 N–H and O–H groups in total. The van der Waals surface area contributed by atoms with Crippen LogP contribution in [0.25, 0.3) is 0 Å². The normalized spacial score (nSPS) is 14.0. The van der Waals surface area contributed by atoms with Gasteiger partial charge in [0.25, 0.3) is 0 Å². The standard InChI is InChI=1S/C25H23F3N4O5/c26-25(27,28)22-19(2-1-3-21(22)37-17-8-11-29-12-9-17)32-24(35)31-15-4-6-16(7-5-15)36-18-10-13-30-20(14-18)23(33)34/h1-7,10,13-14,17,29H,8-9,11-12H2,(H,33,34)(H2,31,32,35). The predicted octanol–water partition coefficient (Wildman–Crippen LogP) is 5.37. The number of ether oxygens (including phenoxy) is 2. The lowest BCUT2D eigenvalue weighted by Gasteiger charge is -2.26. The Morgan fingerprint density at radius 2 is 1.73 bits per heavy atom. The zero-order valence-electron chi connectivity index (χ0n) is 19.3. The second kappa shape index (κ2) is 11.2. The Kier molecular flexibility index (Phi) is 7.77. The summed E-state index contributed by atoms with van der Waals surface area (Å²) in [6.07, 6.45) is -2.65. The topological polar surface area (TPSA) is 122 Å². The second-order valence-corrected chi connectivity index (χ2v) is 8.13. The first kappa shape index (κ1) is 25.8. The van der Waals surface area contributed by atoms with E-state index in [0.29, 0.717) is 37.4 Å². The molecule has 0 saturated carbocycles. The van der Waals surface area contributed by atoms with Crippen LogP contribution >= 0.6 is 0 Å². The summed E-state index contributed by atoms with van der Waals surface area (Å²) in [6.45, 7) is 1.31. The van der Waals surface area contributed by atoms with Crippen molar-refractivity contribution in [3.05, 3.63) is 72.1 Å². The monoisotopic (exact) mass is 516 g/mol. The highest BCUT2D eigenvalue weighted by Gasteiger charge is 2.38. The third-order valence-electron chi connectivity index (χ3n) is 5.44. The van der Waals surface area contributed by atoms with E-state index in [4.69, 9.17) is 14.6 Å². The van der Waals surface area contributed by atoms with Gasteiger partial charge in [-0.2, -0.15) is 13.2 Å². The number of urea groups is 1. The van der Waals surface area contributed by atoms with Crippen LogP contribution < -0.4 is 25.4 Å². The highest BCUT2D eigenvalue weighted by molar-refractivity contribution is 6.00. The Balaban J connectivity index is 1.43. The van der Waals surface area contributed by atoms with E-state index in [-0.39, 0.29) is 23.3 Å². The number of pyridine rings is 1. The van der Waals surface area contributed by atoms with Crippen LogP contribution in [0.5, 0.6) is 17.2 Å². The molecule has 0 radical (unpaired) electrons. The van der Waals surface area contributed by atoms with Gasteiger partial charge in [0.05, 0.1) is 5.69 Å². The summed E-state index contributed by atoms with van der Waals surface area (Å²) < 4.78 is 53.0. The number of alkyl halides is 3. The van der Waals surface area contributed by atoms with Crippen molar-refractivity contribution in [1.29, 1.82) is 0 Å². The molecule has 1 aliphatic heterocycles. The number of piperidine rings is 1. The summed E-state index contributed by atoms with van der Waals surface area (Å²) in [5.74, 6) is -0.943. The van der Waals surface area contributed by atoms with Crippen LogP contribution in [0.15, 0.2) is 60.8 Å². The van der Waals surface area contributed by atoms with Crippen molar-refractivity contribution < 1.29 is 37.3 Å². The van der Waals surface area contributed by atoms with E-state index in [0.717, 1.165) is 6.07 Å². The predicted molar refractivity (Wildman–Crippen MR) is 128 cm³/mol. The van der Waals surface area contributed by atoms with E-state index < -0.39 is 29.4 Å². The van der Waals surface area contributed by atoms with Crippen LogP contribution in [-0.4, -0.2) is 41.3 Å². The van der Waals surface area contributed by atoms with E-state index in [9.17, 15) is 22.8 Å². The second-order valence-electron chi connectivity index (χ2n) is 8.13. The Labute approximate surface area is 209 Å². The number of rotatable bonds is 7. The number of nitrogens with zero attached hydrogens (tertiary/aromatic N) is 1. The molecular formula is C25H23F3N4O5. The quantitative estimate of drug-likeness (QED) is 0.333. The van der Waals surface area contributed by atoms with Gasteiger partial charge >= 0.3 is 18.2 Å². The third kappa shape index (κ3) is 6.88. The van der Waals surface area contributed by atoms with Gasteiger partial charge in [0.2, 0.25) is 0 Å². The number of carbonyl (C=O) groups is 2. The number of hydrogen-bond acceptors (Lipinski definition) is 6. The minimum absolute atomic E-state index is 0.184. The third-order valence-corrected chi connectivity index (χ3v) is 5.44. The lowest BCUT2D eigenvalue weighted by atomic mass is 10.1. The SMILES string of the molecule is O=C(Nc1ccc(Oc2ccnc(C(=O)O)c2)cc1)Nc1cccc(OC2CCNCC2)c1C(F)(F)F. The number of benzene rings is 2. The van der Waals surface area contributed by atoms with Crippen LogP contribution in [0.2, 0.25) is 0 Å². The minimum Gasteiger partial charge on any atom is -0.490 e.